The third-order valence-corrected chi connectivity index (χ3v) is 4.34. The molecular formula is C21H24N2O4. The van der Waals surface area contributed by atoms with E-state index in [1.807, 2.05) is 25.1 Å². The number of nitrogens with zero attached hydrogens (tertiary/aromatic N) is 2. The number of carbonyl (C=O) groups excluding carboxylic acids is 1. The molecule has 6 heteroatoms. The number of pyridine rings is 1. The van der Waals surface area contributed by atoms with Gasteiger partial charge in [0.15, 0.2) is 5.78 Å². The first-order valence-corrected chi connectivity index (χ1v) is 9.09. The van der Waals surface area contributed by atoms with Gasteiger partial charge in [0.2, 0.25) is 0 Å². The summed E-state index contributed by atoms with van der Waals surface area (Å²) in [7, 11) is 0. The molecule has 0 saturated carbocycles. The largest absolute Gasteiger partial charge is 0.507 e. The second-order valence-corrected chi connectivity index (χ2v) is 6.25. The highest BCUT2D eigenvalue weighted by Crippen LogP contribution is 2.30. The van der Waals surface area contributed by atoms with Crippen LogP contribution in [0.25, 0.3) is 6.08 Å². The van der Waals surface area contributed by atoms with E-state index < -0.39 is 0 Å². The SMILES string of the molecule is CCOc1cc(O)c(C(=O)/C=C/c2ccccn2)cc1CN1CCOCC1. The van der Waals surface area contributed by atoms with Crippen molar-refractivity contribution < 1.29 is 19.4 Å². The van der Waals surface area contributed by atoms with Crippen LogP contribution in [0, 0.1) is 0 Å². The molecule has 0 bridgehead atoms. The predicted molar refractivity (Wildman–Crippen MR) is 103 cm³/mol. The van der Waals surface area contributed by atoms with Crippen molar-refractivity contribution in [3.8, 4) is 11.5 Å². The van der Waals surface area contributed by atoms with Crippen LogP contribution < -0.4 is 4.74 Å². The van der Waals surface area contributed by atoms with E-state index in [9.17, 15) is 9.90 Å². The molecule has 1 aliphatic rings. The Morgan fingerprint density at radius 2 is 2.15 bits per heavy atom. The van der Waals surface area contributed by atoms with Gasteiger partial charge in [-0.15, -0.1) is 0 Å². The molecule has 0 amide bonds. The van der Waals surface area contributed by atoms with Crippen LogP contribution in [0.1, 0.15) is 28.5 Å². The van der Waals surface area contributed by atoms with E-state index in [4.69, 9.17) is 9.47 Å². The first-order chi connectivity index (χ1) is 13.2. The van der Waals surface area contributed by atoms with Crippen LogP contribution in [0.5, 0.6) is 11.5 Å². The van der Waals surface area contributed by atoms with E-state index in [0.29, 0.717) is 37.8 Å². The van der Waals surface area contributed by atoms with Gasteiger partial charge < -0.3 is 14.6 Å². The van der Waals surface area contributed by atoms with Crippen LogP contribution in [-0.4, -0.2) is 53.7 Å². The number of aromatic nitrogens is 1. The van der Waals surface area contributed by atoms with Crippen molar-refractivity contribution >= 4 is 11.9 Å². The molecule has 0 radical (unpaired) electrons. The topological polar surface area (TPSA) is 71.9 Å². The van der Waals surface area contributed by atoms with Crippen LogP contribution in [-0.2, 0) is 11.3 Å². The van der Waals surface area contributed by atoms with Crippen LogP contribution >= 0.6 is 0 Å². The Kier molecular flexibility index (Phi) is 6.57. The normalized spacial score (nSPS) is 15.1. The summed E-state index contributed by atoms with van der Waals surface area (Å²) in [5, 5.41) is 10.3. The maximum Gasteiger partial charge on any atom is 0.189 e. The molecule has 27 heavy (non-hydrogen) atoms. The lowest BCUT2D eigenvalue weighted by atomic mass is 10.0. The highest BCUT2D eigenvalue weighted by atomic mass is 16.5. The lowest BCUT2D eigenvalue weighted by molar-refractivity contribution is 0.0338. The summed E-state index contributed by atoms with van der Waals surface area (Å²) < 4.78 is 11.1. The maximum atomic E-state index is 12.6. The molecule has 2 heterocycles. The molecule has 0 spiro atoms. The first-order valence-electron chi connectivity index (χ1n) is 9.09. The fraction of sp³-hybridized carbons (Fsp3) is 0.333. The van der Waals surface area contributed by atoms with Gasteiger partial charge in [0, 0.05) is 37.5 Å². The second kappa shape index (κ2) is 9.30. The fourth-order valence-electron chi connectivity index (χ4n) is 2.95. The van der Waals surface area contributed by atoms with Crippen LogP contribution in [0.3, 0.4) is 0 Å². The minimum absolute atomic E-state index is 0.0835. The summed E-state index contributed by atoms with van der Waals surface area (Å²) in [6.45, 7) is 6.07. The van der Waals surface area contributed by atoms with Crippen molar-refractivity contribution in [1.29, 1.82) is 0 Å². The zero-order valence-electron chi connectivity index (χ0n) is 15.4. The Bertz CT molecular complexity index is 799. The summed E-state index contributed by atoms with van der Waals surface area (Å²) >= 11 is 0. The molecule has 1 fully saturated rings. The van der Waals surface area contributed by atoms with Gasteiger partial charge in [0.1, 0.15) is 11.5 Å². The summed E-state index contributed by atoms with van der Waals surface area (Å²) in [4.78, 5) is 19.0. The van der Waals surface area contributed by atoms with E-state index >= 15 is 0 Å². The van der Waals surface area contributed by atoms with E-state index in [1.165, 1.54) is 12.1 Å². The molecule has 1 saturated heterocycles. The molecule has 2 aromatic rings. The van der Waals surface area contributed by atoms with Gasteiger partial charge >= 0.3 is 0 Å². The average molecular weight is 368 g/mol. The van der Waals surface area contributed by atoms with Crippen molar-refractivity contribution in [2.45, 2.75) is 13.5 Å². The van der Waals surface area contributed by atoms with E-state index in [2.05, 4.69) is 9.88 Å². The van der Waals surface area contributed by atoms with E-state index in [-0.39, 0.29) is 17.1 Å². The van der Waals surface area contributed by atoms with Crippen molar-refractivity contribution in [2.75, 3.05) is 32.9 Å². The molecule has 3 rings (SSSR count). The predicted octanol–water partition coefficient (Wildman–Crippen LogP) is 2.91. The highest BCUT2D eigenvalue weighted by molar-refractivity contribution is 6.08. The van der Waals surface area contributed by atoms with E-state index in [1.54, 1.807) is 18.3 Å². The molecule has 1 aliphatic heterocycles. The van der Waals surface area contributed by atoms with Crippen molar-refractivity contribution in [2.24, 2.45) is 0 Å². The lowest BCUT2D eigenvalue weighted by Gasteiger charge is -2.27. The van der Waals surface area contributed by atoms with Gasteiger partial charge in [-0.2, -0.15) is 0 Å². The molecule has 0 unspecified atom stereocenters. The Balaban J connectivity index is 1.84. The number of carbonyl (C=O) groups is 1. The van der Waals surface area contributed by atoms with Crippen LogP contribution in [0.15, 0.2) is 42.6 Å². The number of allylic oxidation sites excluding steroid dienone is 1. The van der Waals surface area contributed by atoms with Gasteiger partial charge in [0.25, 0.3) is 0 Å². The zero-order valence-corrected chi connectivity index (χ0v) is 15.4. The minimum Gasteiger partial charge on any atom is -0.507 e. The molecule has 1 aromatic carbocycles. The Labute approximate surface area is 159 Å². The number of phenolic OH excluding ortho intramolecular Hbond substituents is 1. The standard InChI is InChI=1S/C21H24N2O4/c1-2-27-21-14-20(25)18(13-16(21)15-23-9-11-26-12-10-23)19(24)7-6-17-5-3-4-8-22-17/h3-8,13-14,25H,2,9-12,15H2,1H3/b7-6+. The number of ether oxygens (including phenoxy) is 2. The maximum absolute atomic E-state index is 12.6. The molecule has 1 aromatic heterocycles. The number of rotatable bonds is 7. The quantitative estimate of drug-likeness (QED) is 0.598. The summed E-state index contributed by atoms with van der Waals surface area (Å²) in [5.74, 6) is 0.246. The average Bonchev–Trinajstić information content (AvgIpc) is 2.70. The number of hydrogen-bond acceptors (Lipinski definition) is 6. The Morgan fingerprint density at radius 1 is 1.33 bits per heavy atom. The fourth-order valence-corrected chi connectivity index (χ4v) is 2.95. The zero-order chi connectivity index (χ0) is 19.1. The van der Waals surface area contributed by atoms with Gasteiger partial charge in [-0.1, -0.05) is 6.07 Å². The summed E-state index contributed by atoms with van der Waals surface area (Å²) in [5.41, 5.74) is 1.82. The third-order valence-electron chi connectivity index (χ3n) is 4.34. The second-order valence-electron chi connectivity index (χ2n) is 6.25. The van der Waals surface area contributed by atoms with Crippen molar-refractivity contribution in [1.82, 2.24) is 9.88 Å². The highest BCUT2D eigenvalue weighted by Gasteiger charge is 2.18. The Morgan fingerprint density at radius 3 is 2.85 bits per heavy atom. The molecular weight excluding hydrogens is 344 g/mol. The van der Waals surface area contributed by atoms with Crippen LogP contribution in [0.4, 0.5) is 0 Å². The molecule has 0 atom stereocenters. The first kappa shape index (κ1) is 19.1. The number of ketones is 1. The van der Waals surface area contributed by atoms with Gasteiger partial charge in [-0.3, -0.25) is 14.7 Å². The minimum atomic E-state index is -0.274. The van der Waals surface area contributed by atoms with Crippen molar-refractivity contribution in [3.05, 3.63) is 59.4 Å². The summed E-state index contributed by atoms with van der Waals surface area (Å²) in [6.07, 6.45) is 4.73. The van der Waals surface area contributed by atoms with Crippen molar-refractivity contribution in [3.63, 3.8) is 0 Å². The molecule has 0 aliphatic carbocycles. The van der Waals surface area contributed by atoms with Crippen LogP contribution in [0.2, 0.25) is 0 Å². The van der Waals surface area contributed by atoms with E-state index in [0.717, 1.165) is 18.7 Å². The number of phenols is 1. The third kappa shape index (κ3) is 5.15. The number of hydrogen-bond donors (Lipinski definition) is 1. The number of aromatic hydroxyl groups is 1. The lowest BCUT2D eigenvalue weighted by Crippen LogP contribution is -2.35. The monoisotopic (exact) mass is 368 g/mol. The molecule has 6 nitrogen and oxygen atoms in total. The smallest absolute Gasteiger partial charge is 0.189 e. The van der Waals surface area contributed by atoms with Gasteiger partial charge in [-0.25, -0.2) is 0 Å². The molecule has 1 N–H and O–H groups in total. The van der Waals surface area contributed by atoms with Gasteiger partial charge in [0.05, 0.1) is 31.1 Å². The summed E-state index contributed by atoms with van der Waals surface area (Å²) in [6, 6.07) is 8.73. The Hall–Kier alpha value is -2.70. The number of morpholine rings is 1. The molecule has 142 valence electrons. The number of benzene rings is 1. The van der Waals surface area contributed by atoms with Gasteiger partial charge in [-0.05, 0) is 37.3 Å².